The molecule has 4 heteroatoms. The fraction of sp³-hybridized carbons (Fsp3) is 0.800. The maximum Gasteiger partial charge on any atom is 0.309 e. The average Bonchev–Trinajstić information content (AvgIpc) is 2.12. The first-order chi connectivity index (χ1) is 6.62. The maximum absolute atomic E-state index is 11.7. The Bertz CT molecular complexity index is 273. The molecule has 2 fully saturated rings. The number of carbonyl (C=O) groups is 2. The van der Waals surface area contributed by atoms with Gasteiger partial charge in [0.05, 0.1) is 12.5 Å². The zero-order chi connectivity index (χ0) is 10.2. The van der Waals surface area contributed by atoms with Gasteiger partial charge in [-0.25, -0.2) is 0 Å². The summed E-state index contributed by atoms with van der Waals surface area (Å²) < 4.78 is 10.6. The first-order valence-electron chi connectivity index (χ1n) is 5.05. The van der Waals surface area contributed by atoms with E-state index in [4.69, 9.17) is 9.47 Å². The van der Waals surface area contributed by atoms with E-state index in [1.54, 1.807) is 0 Å². The largest absolute Gasteiger partial charge is 0.425 e. The predicted octanol–water partition coefficient (Wildman–Crippen LogP) is 1.18. The molecule has 0 bridgehead atoms. The van der Waals surface area contributed by atoms with Crippen molar-refractivity contribution in [2.45, 2.75) is 50.9 Å². The maximum atomic E-state index is 11.7. The molecule has 2 aliphatic heterocycles. The summed E-state index contributed by atoms with van der Waals surface area (Å²) in [5.74, 6) is -1.63. The van der Waals surface area contributed by atoms with E-state index in [9.17, 15) is 9.59 Å². The number of hydrogen-bond acceptors (Lipinski definition) is 4. The number of rotatable bonds is 0. The second kappa shape index (κ2) is 3.35. The van der Waals surface area contributed by atoms with Crippen LogP contribution >= 0.6 is 0 Å². The Morgan fingerprint density at radius 2 is 2.14 bits per heavy atom. The highest BCUT2D eigenvalue weighted by molar-refractivity contribution is 5.93. The summed E-state index contributed by atoms with van der Waals surface area (Å²) in [6.45, 7) is 1.90. The minimum atomic E-state index is -1.23. The molecule has 0 aliphatic carbocycles. The van der Waals surface area contributed by atoms with Crippen molar-refractivity contribution in [2.24, 2.45) is 0 Å². The molecule has 0 radical (unpaired) electrons. The standard InChI is InChI=1S/C10H14O4/c1-7-3-2-6-10(13-7)8(11)4-5-9(12)14-10/h7H,2-6H2,1H3. The van der Waals surface area contributed by atoms with E-state index in [1.807, 2.05) is 6.92 Å². The van der Waals surface area contributed by atoms with Gasteiger partial charge in [0.25, 0.3) is 5.79 Å². The number of ether oxygens (including phenoxy) is 2. The van der Waals surface area contributed by atoms with Crippen LogP contribution in [-0.4, -0.2) is 23.6 Å². The SMILES string of the molecule is CC1CCCC2(OC(=O)CCC2=O)O1. The summed E-state index contributed by atoms with van der Waals surface area (Å²) in [4.78, 5) is 22.8. The van der Waals surface area contributed by atoms with Gasteiger partial charge in [-0.05, 0) is 19.8 Å². The minimum absolute atomic E-state index is 0.00130. The van der Waals surface area contributed by atoms with Gasteiger partial charge in [-0.3, -0.25) is 9.59 Å². The van der Waals surface area contributed by atoms with Crippen LogP contribution in [0.2, 0.25) is 0 Å². The summed E-state index contributed by atoms with van der Waals surface area (Å²) in [5, 5.41) is 0. The minimum Gasteiger partial charge on any atom is -0.425 e. The Labute approximate surface area is 82.6 Å². The first-order valence-corrected chi connectivity index (χ1v) is 5.05. The average molecular weight is 198 g/mol. The lowest BCUT2D eigenvalue weighted by atomic mass is 9.94. The van der Waals surface area contributed by atoms with Crippen molar-refractivity contribution in [2.75, 3.05) is 0 Å². The van der Waals surface area contributed by atoms with Crippen LogP contribution in [0, 0.1) is 0 Å². The summed E-state index contributed by atoms with van der Waals surface area (Å²) in [6.07, 6.45) is 2.76. The second-order valence-electron chi connectivity index (χ2n) is 3.97. The molecule has 78 valence electrons. The van der Waals surface area contributed by atoms with Crippen LogP contribution < -0.4 is 0 Å². The van der Waals surface area contributed by atoms with Gasteiger partial charge in [0.1, 0.15) is 0 Å². The molecular formula is C10H14O4. The van der Waals surface area contributed by atoms with E-state index in [-0.39, 0.29) is 30.7 Å². The van der Waals surface area contributed by atoms with Crippen molar-refractivity contribution < 1.29 is 19.1 Å². The zero-order valence-electron chi connectivity index (χ0n) is 8.25. The molecule has 2 rings (SSSR count). The molecule has 2 aliphatic rings. The normalized spacial score (nSPS) is 38.5. The smallest absolute Gasteiger partial charge is 0.309 e. The highest BCUT2D eigenvalue weighted by Gasteiger charge is 2.48. The van der Waals surface area contributed by atoms with Gasteiger partial charge < -0.3 is 9.47 Å². The van der Waals surface area contributed by atoms with Gasteiger partial charge in [0.2, 0.25) is 5.78 Å². The van der Waals surface area contributed by atoms with Gasteiger partial charge in [0.15, 0.2) is 0 Å². The van der Waals surface area contributed by atoms with E-state index in [0.717, 1.165) is 12.8 Å². The highest BCUT2D eigenvalue weighted by Crippen LogP contribution is 2.34. The number of ketones is 1. The lowest BCUT2D eigenvalue weighted by Crippen LogP contribution is -2.52. The fourth-order valence-corrected chi connectivity index (χ4v) is 2.04. The van der Waals surface area contributed by atoms with Crippen LogP contribution in [0.15, 0.2) is 0 Å². The molecule has 0 aromatic rings. The Kier molecular flexibility index (Phi) is 2.31. The summed E-state index contributed by atoms with van der Waals surface area (Å²) in [7, 11) is 0. The lowest BCUT2D eigenvalue weighted by molar-refractivity contribution is -0.259. The first kappa shape index (κ1) is 9.65. The fourth-order valence-electron chi connectivity index (χ4n) is 2.04. The van der Waals surface area contributed by atoms with Crippen LogP contribution in [0.5, 0.6) is 0 Å². The van der Waals surface area contributed by atoms with Gasteiger partial charge in [0, 0.05) is 12.8 Å². The molecule has 14 heavy (non-hydrogen) atoms. The molecule has 2 atom stereocenters. The summed E-state index contributed by atoms with van der Waals surface area (Å²) in [5.41, 5.74) is 0. The molecule has 0 aromatic heterocycles. The number of carbonyl (C=O) groups excluding carboxylic acids is 2. The monoisotopic (exact) mass is 198 g/mol. The summed E-state index contributed by atoms with van der Waals surface area (Å²) >= 11 is 0. The Morgan fingerprint density at radius 3 is 2.86 bits per heavy atom. The van der Waals surface area contributed by atoms with E-state index < -0.39 is 5.79 Å². The number of hydrogen-bond donors (Lipinski definition) is 0. The van der Waals surface area contributed by atoms with Crippen molar-refractivity contribution in [3.8, 4) is 0 Å². The molecule has 4 nitrogen and oxygen atoms in total. The number of esters is 1. The van der Waals surface area contributed by atoms with Crippen LogP contribution in [0.4, 0.5) is 0 Å². The Balaban J connectivity index is 2.18. The van der Waals surface area contributed by atoms with Crippen LogP contribution in [-0.2, 0) is 19.1 Å². The van der Waals surface area contributed by atoms with Crippen LogP contribution in [0.1, 0.15) is 39.0 Å². The molecule has 0 saturated carbocycles. The quantitative estimate of drug-likeness (QED) is 0.548. The third-order valence-corrected chi connectivity index (χ3v) is 2.77. The lowest BCUT2D eigenvalue weighted by Gasteiger charge is -2.40. The van der Waals surface area contributed by atoms with Crippen LogP contribution in [0.25, 0.3) is 0 Å². The molecule has 2 heterocycles. The van der Waals surface area contributed by atoms with Gasteiger partial charge in [-0.2, -0.15) is 0 Å². The van der Waals surface area contributed by atoms with E-state index >= 15 is 0 Å². The molecule has 0 aromatic carbocycles. The van der Waals surface area contributed by atoms with E-state index in [2.05, 4.69) is 0 Å². The highest BCUT2D eigenvalue weighted by atomic mass is 16.7. The number of Topliss-reactive ketones (excluding diaryl/α,β-unsaturated/α-hetero) is 1. The molecule has 0 amide bonds. The van der Waals surface area contributed by atoms with Crippen molar-refractivity contribution in [3.63, 3.8) is 0 Å². The third kappa shape index (κ3) is 1.54. The van der Waals surface area contributed by atoms with E-state index in [1.165, 1.54) is 0 Å². The molecular weight excluding hydrogens is 184 g/mol. The van der Waals surface area contributed by atoms with Crippen molar-refractivity contribution in [3.05, 3.63) is 0 Å². The molecule has 0 N–H and O–H groups in total. The van der Waals surface area contributed by atoms with Crippen molar-refractivity contribution in [1.29, 1.82) is 0 Å². The second-order valence-corrected chi connectivity index (χ2v) is 3.97. The van der Waals surface area contributed by atoms with Gasteiger partial charge in [-0.1, -0.05) is 0 Å². The Hall–Kier alpha value is -0.900. The molecule has 1 spiro atoms. The van der Waals surface area contributed by atoms with Crippen molar-refractivity contribution in [1.82, 2.24) is 0 Å². The summed E-state index contributed by atoms with van der Waals surface area (Å²) in [6, 6.07) is 0. The van der Waals surface area contributed by atoms with Crippen molar-refractivity contribution >= 4 is 11.8 Å². The van der Waals surface area contributed by atoms with Gasteiger partial charge >= 0.3 is 5.97 Å². The van der Waals surface area contributed by atoms with E-state index in [0.29, 0.717) is 6.42 Å². The Morgan fingerprint density at radius 1 is 1.36 bits per heavy atom. The predicted molar refractivity (Wildman–Crippen MR) is 47.5 cm³/mol. The van der Waals surface area contributed by atoms with Crippen LogP contribution in [0.3, 0.4) is 0 Å². The topological polar surface area (TPSA) is 52.6 Å². The van der Waals surface area contributed by atoms with Gasteiger partial charge in [-0.15, -0.1) is 0 Å². The third-order valence-electron chi connectivity index (χ3n) is 2.77. The molecule has 2 unspecified atom stereocenters. The zero-order valence-corrected chi connectivity index (χ0v) is 8.25. The molecule has 2 saturated heterocycles.